The molecule has 0 bridgehead atoms. The van der Waals surface area contributed by atoms with Crippen molar-refractivity contribution in [3.63, 3.8) is 0 Å². The molecule has 17 heavy (non-hydrogen) atoms. The van der Waals surface area contributed by atoms with Crippen LogP contribution in [-0.2, 0) is 0 Å². The largest absolute Gasteiger partial charge is 0.489 e. The average molecular weight is 229 g/mol. The van der Waals surface area contributed by atoms with Crippen molar-refractivity contribution in [3.8, 4) is 11.8 Å². The molecule has 3 nitrogen and oxygen atoms in total. The summed E-state index contributed by atoms with van der Waals surface area (Å²) in [4.78, 5) is 10.6. The van der Waals surface area contributed by atoms with Crippen LogP contribution < -0.4 is 4.74 Å². The predicted octanol–water partition coefficient (Wildman–Crippen LogP) is 3.08. The molecule has 1 aromatic rings. The van der Waals surface area contributed by atoms with E-state index in [1.807, 2.05) is 0 Å². The number of benzene rings is 1. The summed E-state index contributed by atoms with van der Waals surface area (Å²) >= 11 is 0. The van der Waals surface area contributed by atoms with Crippen LogP contribution in [0.4, 0.5) is 0 Å². The highest BCUT2D eigenvalue weighted by Crippen LogP contribution is 2.26. The van der Waals surface area contributed by atoms with E-state index < -0.39 is 0 Å². The minimum absolute atomic E-state index is 0.220. The van der Waals surface area contributed by atoms with Gasteiger partial charge in [-0.25, -0.2) is 0 Å². The molecule has 1 aliphatic carbocycles. The minimum Gasteiger partial charge on any atom is -0.489 e. The zero-order valence-corrected chi connectivity index (χ0v) is 9.69. The molecule has 0 radical (unpaired) electrons. The summed E-state index contributed by atoms with van der Waals surface area (Å²) in [5, 5.41) is 9.02. The van der Waals surface area contributed by atoms with Gasteiger partial charge in [-0.3, -0.25) is 4.79 Å². The quantitative estimate of drug-likeness (QED) is 0.748. The monoisotopic (exact) mass is 229 g/mol. The number of aldehydes is 1. The summed E-state index contributed by atoms with van der Waals surface area (Å²) in [5.74, 6) is 0.602. The van der Waals surface area contributed by atoms with Gasteiger partial charge >= 0.3 is 0 Å². The van der Waals surface area contributed by atoms with E-state index in [9.17, 15) is 4.79 Å². The average Bonchev–Trinajstić information content (AvgIpc) is 2.40. The first-order valence-corrected chi connectivity index (χ1v) is 5.99. The summed E-state index contributed by atoms with van der Waals surface area (Å²) in [5.41, 5.74) is 0.956. The highest BCUT2D eigenvalue weighted by atomic mass is 16.5. The van der Waals surface area contributed by atoms with Crippen LogP contribution in [0.3, 0.4) is 0 Å². The third-order valence-corrected chi connectivity index (χ3v) is 3.11. The van der Waals surface area contributed by atoms with Crippen molar-refractivity contribution in [3.05, 3.63) is 29.3 Å². The van der Waals surface area contributed by atoms with Crippen molar-refractivity contribution in [1.82, 2.24) is 0 Å². The second kappa shape index (κ2) is 5.49. The molecule has 3 heteroatoms. The SMILES string of the molecule is N#Cc1cc(C=O)ccc1OC1CCCCC1. The molecule has 1 fully saturated rings. The van der Waals surface area contributed by atoms with Gasteiger partial charge in [0.2, 0.25) is 0 Å². The lowest BCUT2D eigenvalue weighted by Crippen LogP contribution is -2.20. The zero-order chi connectivity index (χ0) is 12.1. The smallest absolute Gasteiger partial charge is 0.150 e. The molecule has 88 valence electrons. The standard InChI is InChI=1S/C14H15NO2/c15-9-12-8-11(10-16)6-7-14(12)17-13-4-2-1-3-5-13/h6-8,10,13H,1-5H2. The number of ether oxygens (including phenoxy) is 1. The molecule has 0 atom stereocenters. The van der Waals surface area contributed by atoms with Crippen molar-refractivity contribution in [2.24, 2.45) is 0 Å². The van der Waals surface area contributed by atoms with E-state index in [4.69, 9.17) is 10.00 Å². The van der Waals surface area contributed by atoms with Crippen LogP contribution >= 0.6 is 0 Å². The lowest BCUT2D eigenvalue weighted by atomic mass is 9.97. The molecule has 0 unspecified atom stereocenters. The Balaban J connectivity index is 2.14. The third-order valence-electron chi connectivity index (χ3n) is 3.11. The molecule has 2 rings (SSSR count). The van der Waals surface area contributed by atoms with Gasteiger partial charge in [0, 0.05) is 5.56 Å². The van der Waals surface area contributed by atoms with Crippen LogP contribution in [0.15, 0.2) is 18.2 Å². The second-order valence-electron chi connectivity index (χ2n) is 4.36. The van der Waals surface area contributed by atoms with Crippen LogP contribution in [0.5, 0.6) is 5.75 Å². The van der Waals surface area contributed by atoms with E-state index in [1.165, 1.54) is 19.3 Å². The minimum atomic E-state index is 0.220. The first-order chi connectivity index (χ1) is 8.33. The molecule has 0 saturated heterocycles. The summed E-state index contributed by atoms with van der Waals surface area (Å²) in [7, 11) is 0. The fraction of sp³-hybridized carbons (Fsp3) is 0.429. The molecule has 1 aliphatic rings. The second-order valence-corrected chi connectivity index (χ2v) is 4.36. The Morgan fingerprint density at radius 3 is 2.71 bits per heavy atom. The molecule has 0 spiro atoms. The van der Waals surface area contributed by atoms with Crippen LogP contribution in [0.25, 0.3) is 0 Å². The Morgan fingerprint density at radius 1 is 1.29 bits per heavy atom. The number of nitrogens with zero attached hydrogens (tertiary/aromatic N) is 1. The zero-order valence-electron chi connectivity index (χ0n) is 9.69. The molecule has 0 aromatic heterocycles. The molecule has 0 N–H and O–H groups in total. The van der Waals surface area contributed by atoms with Crippen molar-refractivity contribution >= 4 is 6.29 Å². The Morgan fingerprint density at radius 2 is 2.06 bits per heavy atom. The Kier molecular flexibility index (Phi) is 3.77. The lowest BCUT2D eigenvalue weighted by molar-refractivity contribution is 0.112. The van der Waals surface area contributed by atoms with Gasteiger partial charge in [-0.1, -0.05) is 6.42 Å². The van der Waals surface area contributed by atoms with Gasteiger partial charge in [-0.15, -0.1) is 0 Å². The van der Waals surface area contributed by atoms with Gasteiger partial charge in [-0.2, -0.15) is 5.26 Å². The summed E-state index contributed by atoms with van der Waals surface area (Å²) in [6.07, 6.45) is 6.73. The van der Waals surface area contributed by atoms with Crippen molar-refractivity contribution in [1.29, 1.82) is 5.26 Å². The summed E-state index contributed by atoms with van der Waals surface area (Å²) < 4.78 is 5.84. The molecule has 0 amide bonds. The van der Waals surface area contributed by atoms with Crippen LogP contribution in [0, 0.1) is 11.3 Å². The van der Waals surface area contributed by atoms with Gasteiger partial charge < -0.3 is 4.74 Å². The van der Waals surface area contributed by atoms with E-state index in [2.05, 4.69) is 6.07 Å². The molecular weight excluding hydrogens is 214 g/mol. The van der Waals surface area contributed by atoms with Crippen molar-refractivity contribution < 1.29 is 9.53 Å². The number of hydrogen-bond acceptors (Lipinski definition) is 3. The van der Waals surface area contributed by atoms with Gasteiger partial charge in [-0.05, 0) is 43.9 Å². The maximum atomic E-state index is 10.6. The topological polar surface area (TPSA) is 50.1 Å². The number of rotatable bonds is 3. The Hall–Kier alpha value is -1.82. The fourth-order valence-corrected chi connectivity index (χ4v) is 2.17. The first-order valence-electron chi connectivity index (χ1n) is 5.99. The van der Waals surface area contributed by atoms with Gasteiger partial charge in [0.15, 0.2) is 0 Å². The first kappa shape index (κ1) is 11.7. The van der Waals surface area contributed by atoms with Crippen LogP contribution in [0.2, 0.25) is 0 Å². The highest BCUT2D eigenvalue weighted by Gasteiger charge is 2.16. The van der Waals surface area contributed by atoms with E-state index in [0.717, 1.165) is 19.1 Å². The molecule has 0 aliphatic heterocycles. The summed E-state index contributed by atoms with van der Waals surface area (Å²) in [6.45, 7) is 0. The number of carbonyl (C=O) groups is 1. The van der Waals surface area contributed by atoms with E-state index in [-0.39, 0.29) is 6.10 Å². The number of carbonyl (C=O) groups excluding carboxylic acids is 1. The van der Waals surface area contributed by atoms with Crippen LogP contribution in [-0.4, -0.2) is 12.4 Å². The Labute approximate surface area is 101 Å². The van der Waals surface area contributed by atoms with E-state index >= 15 is 0 Å². The lowest BCUT2D eigenvalue weighted by Gasteiger charge is -2.23. The maximum absolute atomic E-state index is 10.6. The number of nitriles is 1. The van der Waals surface area contributed by atoms with Gasteiger partial charge in [0.25, 0.3) is 0 Å². The normalized spacial score (nSPS) is 16.2. The van der Waals surface area contributed by atoms with Gasteiger partial charge in [0.05, 0.1) is 11.7 Å². The molecular formula is C14H15NO2. The fourth-order valence-electron chi connectivity index (χ4n) is 2.17. The van der Waals surface area contributed by atoms with E-state index in [0.29, 0.717) is 16.9 Å². The highest BCUT2D eigenvalue weighted by molar-refractivity contribution is 5.76. The summed E-state index contributed by atoms with van der Waals surface area (Å²) in [6, 6.07) is 7.06. The number of hydrogen-bond donors (Lipinski definition) is 0. The van der Waals surface area contributed by atoms with E-state index in [1.54, 1.807) is 18.2 Å². The maximum Gasteiger partial charge on any atom is 0.150 e. The predicted molar refractivity (Wildman–Crippen MR) is 64.0 cm³/mol. The van der Waals surface area contributed by atoms with Gasteiger partial charge in [0.1, 0.15) is 18.1 Å². The Bertz CT molecular complexity index is 442. The molecule has 1 saturated carbocycles. The molecule has 0 heterocycles. The third kappa shape index (κ3) is 2.85. The van der Waals surface area contributed by atoms with Crippen molar-refractivity contribution in [2.45, 2.75) is 38.2 Å². The molecule has 1 aromatic carbocycles. The van der Waals surface area contributed by atoms with Crippen LogP contribution in [0.1, 0.15) is 48.0 Å². The van der Waals surface area contributed by atoms with Crippen molar-refractivity contribution in [2.75, 3.05) is 0 Å².